The Hall–Kier alpha value is -2.91. The number of carbonyl (C=O) groups excluding carboxylic acids is 3. The molecular weight excluding hydrogens is 470 g/mol. The number of amides is 3. The van der Waals surface area contributed by atoms with Gasteiger partial charge in [0.05, 0.1) is 9.38 Å². The normalized spacial score (nSPS) is 14.4. The van der Waals surface area contributed by atoms with Gasteiger partial charge in [-0.25, -0.2) is 0 Å². The summed E-state index contributed by atoms with van der Waals surface area (Å²) in [7, 11) is 0. The summed E-state index contributed by atoms with van der Waals surface area (Å²) in [4.78, 5) is 39.4. The summed E-state index contributed by atoms with van der Waals surface area (Å²) in [6.45, 7) is 3.16. The van der Waals surface area contributed by atoms with E-state index in [-0.39, 0.29) is 23.6 Å². The standard InChI is InChI=1S/C21H18BrN3O4S/c1-12-4-3-5-15(8-12)24-19(27)11-29-17-7-6-14(9-16(17)22)10-18-20(28)25-21(30-18)23-13(2)26/h3-10H,11H2,1-2H3,(H,24,27)(H,23,25,26,28). The quantitative estimate of drug-likeness (QED) is 0.623. The predicted molar refractivity (Wildman–Crippen MR) is 121 cm³/mol. The molecule has 0 aliphatic carbocycles. The van der Waals surface area contributed by atoms with Gasteiger partial charge in [0.15, 0.2) is 11.8 Å². The maximum absolute atomic E-state index is 12.1. The van der Waals surface area contributed by atoms with Crippen LogP contribution in [0.1, 0.15) is 18.1 Å². The van der Waals surface area contributed by atoms with E-state index in [1.165, 1.54) is 6.92 Å². The van der Waals surface area contributed by atoms with Crippen molar-refractivity contribution < 1.29 is 19.1 Å². The zero-order chi connectivity index (χ0) is 21.7. The molecule has 7 nitrogen and oxygen atoms in total. The topological polar surface area (TPSA) is 96.9 Å². The molecule has 0 atom stereocenters. The summed E-state index contributed by atoms with van der Waals surface area (Å²) in [5, 5.41) is 5.55. The van der Waals surface area contributed by atoms with E-state index >= 15 is 0 Å². The van der Waals surface area contributed by atoms with Crippen molar-refractivity contribution in [2.75, 3.05) is 11.9 Å². The second-order valence-electron chi connectivity index (χ2n) is 6.41. The number of benzene rings is 2. The fourth-order valence-corrected chi connectivity index (χ4v) is 3.92. The monoisotopic (exact) mass is 487 g/mol. The van der Waals surface area contributed by atoms with Gasteiger partial charge in [0.1, 0.15) is 5.75 Å². The summed E-state index contributed by atoms with van der Waals surface area (Å²) in [6, 6.07) is 12.7. The average molecular weight is 488 g/mol. The molecule has 3 amide bonds. The molecule has 2 aromatic carbocycles. The van der Waals surface area contributed by atoms with Gasteiger partial charge in [-0.3, -0.25) is 14.4 Å². The fraction of sp³-hybridized carbons (Fsp3) is 0.143. The molecule has 0 radical (unpaired) electrons. The molecular formula is C21H18BrN3O4S. The Balaban J connectivity index is 1.60. The van der Waals surface area contributed by atoms with Crippen LogP contribution in [-0.4, -0.2) is 29.5 Å². The van der Waals surface area contributed by atoms with Crippen molar-refractivity contribution in [1.82, 2.24) is 5.32 Å². The van der Waals surface area contributed by atoms with E-state index < -0.39 is 5.91 Å². The summed E-state index contributed by atoms with van der Waals surface area (Å²) in [5.41, 5.74) is 2.51. The summed E-state index contributed by atoms with van der Waals surface area (Å²) >= 11 is 4.52. The van der Waals surface area contributed by atoms with Crippen LogP contribution in [0.3, 0.4) is 0 Å². The largest absolute Gasteiger partial charge is 0.483 e. The van der Waals surface area contributed by atoms with Crippen LogP contribution >= 0.6 is 27.7 Å². The van der Waals surface area contributed by atoms with Gasteiger partial charge in [-0.2, -0.15) is 4.99 Å². The van der Waals surface area contributed by atoms with Crippen LogP contribution in [0.25, 0.3) is 6.08 Å². The second-order valence-corrected chi connectivity index (χ2v) is 8.30. The number of hydrogen-bond donors (Lipinski definition) is 2. The van der Waals surface area contributed by atoms with Gasteiger partial charge in [0, 0.05) is 12.6 Å². The van der Waals surface area contributed by atoms with Gasteiger partial charge in [-0.15, -0.1) is 0 Å². The number of thioether (sulfide) groups is 1. The first-order valence-electron chi connectivity index (χ1n) is 8.89. The molecule has 0 unspecified atom stereocenters. The van der Waals surface area contributed by atoms with Gasteiger partial charge in [-0.05, 0) is 76.1 Å². The third-order valence-corrected chi connectivity index (χ3v) is 5.34. The molecule has 2 aromatic rings. The highest BCUT2D eigenvalue weighted by Crippen LogP contribution is 2.31. The Bertz CT molecular complexity index is 1080. The molecule has 3 rings (SSSR count). The number of nitrogens with zero attached hydrogens (tertiary/aromatic N) is 1. The number of halogens is 1. The van der Waals surface area contributed by atoms with Gasteiger partial charge in [-0.1, -0.05) is 18.2 Å². The van der Waals surface area contributed by atoms with Crippen molar-refractivity contribution in [2.24, 2.45) is 4.99 Å². The van der Waals surface area contributed by atoms with E-state index in [0.717, 1.165) is 22.9 Å². The molecule has 0 saturated heterocycles. The molecule has 1 aliphatic heterocycles. The van der Waals surface area contributed by atoms with Gasteiger partial charge in [0.25, 0.3) is 11.8 Å². The van der Waals surface area contributed by atoms with E-state index in [4.69, 9.17) is 4.74 Å². The molecule has 2 N–H and O–H groups in total. The van der Waals surface area contributed by atoms with Gasteiger partial charge in [0.2, 0.25) is 5.91 Å². The van der Waals surface area contributed by atoms with Crippen LogP contribution in [-0.2, 0) is 14.4 Å². The molecule has 154 valence electrons. The minimum Gasteiger partial charge on any atom is -0.483 e. The van der Waals surface area contributed by atoms with E-state index in [2.05, 4.69) is 31.6 Å². The summed E-state index contributed by atoms with van der Waals surface area (Å²) < 4.78 is 6.22. The van der Waals surface area contributed by atoms with Crippen LogP contribution in [0.4, 0.5) is 5.69 Å². The lowest BCUT2D eigenvalue weighted by atomic mass is 10.2. The van der Waals surface area contributed by atoms with E-state index in [1.54, 1.807) is 24.3 Å². The minimum atomic E-state index is -0.409. The zero-order valence-electron chi connectivity index (χ0n) is 16.2. The number of nitrogens with one attached hydrogen (secondary N) is 2. The number of aliphatic imine (C=N–C) groups is 1. The zero-order valence-corrected chi connectivity index (χ0v) is 18.6. The highest BCUT2D eigenvalue weighted by atomic mass is 79.9. The Kier molecular flexibility index (Phi) is 7.07. The highest BCUT2D eigenvalue weighted by molar-refractivity contribution is 9.10. The first-order chi connectivity index (χ1) is 14.3. The minimum absolute atomic E-state index is 0.144. The lowest BCUT2D eigenvalue weighted by Gasteiger charge is -2.10. The smallest absolute Gasteiger partial charge is 0.286 e. The van der Waals surface area contributed by atoms with Crippen molar-refractivity contribution in [3.05, 3.63) is 63.0 Å². The van der Waals surface area contributed by atoms with Crippen molar-refractivity contribution >= 4 is 62.3 Å². The first-order valence-corrected chi connectivity index (χ1v) is 10.5. The van der Waals surface area contributed by atoms with E-state index in [1.807, 2.05) is 31.2 Å². The second kappa shape index (κ2) is 9.73. The summed E-state index contributed by atoms with van der Waals surface area (Å²) in [6.07, 6.45) is 1.67. The number of hydrogen-bond acceptors (Lipinski definition) is 5. The molecule has 0 spiro atoms. The molecule has 1 aliphatic rings. The van der Waals surface area contributed by atoms with Crippen LogP contribution < -0.4 is 15.4 Å². The van der Waals surface area contributed by atoms with Gasteiger partial charge >= 0.3 is 0 Å². The van der Waals surface area contributed by atoms with Crippen molar-refractivity contribution in [3.8, 4) is 5.75 Å². The Morgan fingerprint density at radius 3 is 2.70 bits per heavy atom. The maximum Gasteiger partial charge on any atom is 0.286 e. The third-order valence-electron chi connectivity index (χ3n) is 3.82. The van der Waals surface area contributed by atoms with Crippen LogP contribution in [0, 0.1) is 6.92 Å². The number of rotatable bonds is 5. The Labute approximate surface area is 186 Å². The SMILES string of the molecule is CC(=O)NC1=NC(=O)C(=Cc2ccc(OCC(=O)Nc3cccc(C)c3)c(Br)c2)S1. The average Bonchev–Trinajstić information content (AvgIpc) is 2.99. The van der Waals surface area contributed by atoms with Crippen LogP contribution in [0.5, 0.6) is 5.75 Å². The maximum atomic E-state index is 12.1. The summed E-state index contributed by atoms with van der Waals surface area (Å²) in [5.74, 6) is -0.467. The number of carbonyl (C=O) groups is 3. The van der Waals surface area contributed by atoms with Crippen molar-refractivity contribution in [3.63, 3.8) is 0 Å². The number of anilines is 1. The molecule has 0 aromatic heterocycles. The third kappa shape index (κ3) is 6.04. The van der Waals surface area contributed by atoms with Gasteiger partial charge < -0.3 is 15.4 Å². The Morgan fingerprint density at radius 1 is 1.20 bits per heavy atom. The highest BCUT2D eigenvalue weighted by Gasteiger charge is 2.22. The lowest BCUT2D eigenvalue weighted by molar-refractivity contribution is -0.118. The number of amidine groups is 1. The van der Waals surface area contributed by atoms with E-state index in [9.17, 15) is 14.4 Å². The van der Waals surface area contributed by atoms with Crippen molar-refractivity contribution in [1.29, 1.82) is 0 Å². The lowest BCUT2D eigenvalue weighted by Crippen LogP contribution is -2.23. The predicted octanol–water partition coefficient (Wildman–Crippen LogP) is 3.88. The molecule has 30 heavy (non-hydrogen) atoms. The van der Waals surface area contributed by atoms with E-state index in [0.29, 0.717) is 20.8 Å². The molecule has 0 bridgehead atoms. The molecule has 9 heteroatoms. The first kappa shape index (κ1) is 21.8. The van der Waals surface area contributed by atoms with Crippen LogP contribution in [0.2, 0.25) is 0 Å². The molecule has 0 fully saturated rings. The molecule has 1 heterocycles. The van der Waals surface area contributed by atoms with Crippen molar-refractivity contribution in [2.45, 2.75) is 13.8 Å². The number of ether oxygens (including phenoxy) is 1. The van der Waals surface area contributed by atoms with Crippen LogP contribution in [0.15, 0.2) is 56.8 Å². The fourth-order valence-electron chi connectivity index (χ4n) is 2.55. The Morgan fingerprint density at radius 2 is 2.00 bits per heavy atom. The molecule has 0 saturated carbocycles. The number of aryl methyl sites for hydroxylation is 1.